The molecule has 0 aromatic heterocycles. The molecule has 1 N–H and O–H groups in total. The summed E-state index contributed by atoms with van der Waals surface area (Å²) in [6, 6.07) is 9.51. The van der Waals surface area contributed by atoms with E-state index in [-0.39, 0.29) is 0 Å². The van der Waals surface area contributed by atoms with Gasteiger partial charge in [-0.25, -0.2) is 0 Å². The van der Waals surface area contributed by atoms with E-state index in [4.69, 9.17) is 0 Å². The standard InChI is InChI=1S/C15H25N/c1-5-12(3)13(4)16-11-15-9-7-14(6-2)8-10-15/h7-10,12-13,16H,5-6,11H2,1-4H3. The largest absolute Gasteiger partial charge is 0.310 e. The van der Waals surface area contributed by atoms with Crippen molar-refractivity contribution >= 4 is 0 Å². The van der Waals surface area contributed by atoms with Gasteiger partial charge in [0.1, 0.15) is 0 Å². The topological polar surface area (TPSA) is 12.0 Å². The van der Waals surface area contributed by atoms with Crippen molar-refractivity contribution in [3.05, 3.63) is 35.4 Å². The molecule has 0 fully saturated rings. The van der Waals surface area contributed by atoms with Crippen molar-refractivity contribution < 1.29 is 0 Å². The Morgan fingerprint density at radius 3 is 2.06 bits per heavy atom. The van der Waals surface area contributed by atoms with Crippen molar-refractivity contribution in [2.45, 2.75) is 53.1 Å². The Hall–Kier alpha value is -0.820. The SMILES string of the molecule is CCc1ccc(CNC(C)C(C)CC)cc1. The number of nitrogens with one attached hydrogen (secondary N) is 1. The number of hydrogen-bond donors (Lipinski definition) is 1. The first-order valence-electron chi connectivity index (χ1n) is 6.48. The van der Waals surface area contributed by atoms with Crippen LogP contribution in [0, 0.1) is 5.92 Å². The predicted molar refractivity (Wildman–Crippen MR) is 71.6 cm³/mol. The van der Waals surface area contributed by atoms with Gasteiger partial charge in [0.05, 0.1) is 0 Å². The van der Waals surface area contributed by atoms with Crippen LogP contribution < -0.4 is 5.32 Å². The van der Waals surface area contributed by atoms with Gasteiger partial charge < -0.3 is 5.32 Å². The second-order valence-electron chi connectivity index (χ2n) is 4.73. The lowest BCUT2D eigenvalue weighted by Crippen LogP contribution is -2.31. The first-order chi connectivity index (χ1) is 7.67. The van der Waals surface area contributed by atoms with Gasteiger partial charge in [-0.15, -0.1) is 0 Å². The van der Waals surface area contributed by atoms with E-state index in [2.05, 4.69) is 57.3 Å². The molecule has 0 aliphatic carbocycles. The fourth-order valence-electron chi connectivity index (χ4n) is 1.73. The minimum absolute atomic E-state index is 0.593. The average Bonchev–Trinajstić information content (AvgIpc) is 2.35. The third kappa shape index (κ3) is 3.97. The minimum Gasteiger partial charge on any atom is -0.310 e. The normalized spacial score (nSPS) is 14.8. The van der Waals surface area contributed by atoms with Crippen LogP contribution in [-0.2, 0) is 13.0 Å². The summed E-state index contributed by atoms with van der Waals surface area (Å²) in [5.74, 6) is 0.745. The smallest absolute Gasteiger partial charge is 0.0208 e. The summed E-state index contributed by atoms with van der Waals surface area (Å²) in [7, 11) is 0. The van der Waals surface area contributed by atoms with Crippen LogP contribution in [0.4, 0.5) is 0 Å². The van der Waals surface area contributed by atoms with Crippen LogP contribution >= 0.6 is 0 Å². The van der Waals surface area contributed by atoms with Crippen LogP contribution in [0.15, 0.2) is 24.3 Å². The summed E-state index contributed by atoms with van der Waals surface area (Å²) in [4.78, 5) is 0. The Balaban J connectivity index is 2.42. The summed E-state index contributed by atoms with van der Waals surface area (Å²) < 4.78 is 0. The molecule has 1 aromatic carbocycles. The Kier molecular flexibility index (Phi) is 5.54. The zero-order valence-corrected chi connectivity index (χ0v) is 11.1. The van der Waals surface area contributed by atoms with Gasteiger partial charge in [0, 0.05) is 12.6 Å². The highest BCUT2D eigenvalue weighted by Gasteiger charge is 2.08. The molecule has 2 unspecified atom stereocenters. The molecule has 2 atom stereocenters. The molecule has 0 radical (unpaired) electrons. The van der Waals surface area contributed by atoms with Gasteiger partial charge in [-0.3, -0.25) is 0 Å². The third-order valence-electron chi connectivity index (χ3n) is 3.56. The molecule has 0 saturated heterocycles. The van der Waals surface area contributed by atoms with Gasteiger partial charge in [0.15, 0.2) is 0 Å². The van der Waals surface area contributed by atoms with Gasteiger partial charge in [0.25, 0.3) is 0 Å². The molecular formula is C15H25N. The molecule has 0 aliphatic rings. The molecule has 90 valence electrons. The highest BCUT2D eigenvalue weighted by Crippen LogP contribution is 2.09. The van der Waals surface area contributed by atoms with Gasteiger partial charge in [-0.05, 0) is 30.4 Å². The molecule has 1 nitrogen and oxygen atoms in total. The van der Waals surface area contributed by atoms with Crippen LogP contribution in [0.25, 0.3) is 0 Å². The number of aryl methyl sites for hydroxylation is 1. The maximum atomic E-state index is 3.59. The molecule has 0 heterocycles. The third-order valence-corrected chi connectivity index (χ3v) is 3.56. The van der Waals surface area contributed by atoms with E-state index < -0.39 is 0 Å². The van der Waals surface area contributed by atoms with Crippen molar-refractivity contribution in [2.75, 3.05) is 0 Å². The lowest BCUT2D eigenvalue weighted by molar-refractivity contribution is 0.389. The molecule has 1 aromatic rings. The Bertz CT molecular complexity index is 289. The molecule has 1 rings (SSSR count). The van der Waals surface area contributed by atoms with Crippen molar-refractivity contribution in [1.29, 1.82) is 0 Å². The molecule has 0 amide bonds. The van der Waals surface area contributed by atoms with Crippen molar-refractivity contribution in [3.63, 3.8) is 0 Å². The van der Waals surface area contributed by atoms with E-state index in [1.807, 2.05) is 0 Å². The summed E-state index contributed by atoms with van der Waals surface area (Å²) in [5, 5.41) is 3.59. The zero-order valence-electron chi connectivity index (χ0n) is 11.1. The minimum atomic E-state index is 0.593. The molecule has 0 spiro atoms. The van der Waals surface area contributed by atoms with Crippen LogP contribution in [0.1, 0.15) is 45.2 Å². The molecule has 0 saturated carbocycles. The summed E-state index contributed by atoms with van der Waals surface area (Å²) in [5.41, 5.74) is 2.80. The lowest BCUT2D eigenvalue weighted by atomic mass is 10.0. The number of benzene rings is 1. The maximum Gasteiger partial charge on any atom is 0.0208 e. The average molecular weight is 219 g/mol. The van der Waals surface area contributed by atoms with E-state index in [0.717, 1.165) is 18.9 Å². The highest BCUT2D eigenvalue weighted by atomic mass is 14.9. The fourth-order valence-corrected chi connectivity index (χ4v) is 1.73. The summed E-state index contributed by atoms with van der Waals surface area (Å²) in [6.45, 7) is 10.00. The van der Waals surface area contributed by atoms with E-state index >= 15 is 0 Å². The Labute approximate surface area is 100 Å². The lowest BCUT2D eigenvalue weighted by Gasteiger charge is -2.20. The van der Waals surface area contributed by atoms with Crippen molar-refractivity contribution in [1.82, 2.24) is 5.32 Å². The van der Waals surface area contributed by atoms with Gasteiger partial charge in [0.2, 0.25) is 0 Å². The van der Waals surface area contributed by atoms with E-state index in [0.29, 0.717) is 6.04 Å². The van der Waals surface area contributed by atoms with E-state index in [1.54, 1.807) is 0 Å². The van der Waals surface area contributed by atoms with Crippen LogP contribution in [0.3, 0.4) is 0 Å². The van der Waals surface area contributed by atoms with Crippen molar-refractivity contribution in [3.8, 4) is 0 Å². The molecule has 0 aliphatic heterocycles. The first kappa shape index (κ1) is 13.2. The molecule has 0 bridgehead atoms. The van der Waals surface area contributed by atoms with Gasteiger partial charge >= 0.3 is 0 Å². The predicted octanol–water partition coefficient (Wildman–Crippen LogP) is 3.77. The summed E-state index contributed by atoms with van der Waals surface area (Å²) >= 11 is 0. The summed E-state index contributed by atoms with van der Waals surface area (Å²) in [6.07, 6.45) is 2.36. The second-order valence-corrected chi connectivity index (χ2v) is 4.73. The monoisotopic (exact) mass is 219 g/mol. The van der Waals surface area contributed by atoms with Crippen LogP contribution in [0.5, 0.6) is 0 Å². The van der Waals surface area contributed by atoms with E-state index in [9.17, 15) is 0 Å². The van der Waals surface area contributed by atoms with Gasteiger partial charge in [-0.2, -0.15) is 0 Å². The zero-order chi connectivity index (χ0) is 12.0. The molecular weight excluding hydrogens is 194 g/mol. The van der Waals surface area contributed by atoms with Crippen molar-refractivity contribution in [2.24, 2.45) is 5.92 Å². The second kappa shape index (κ2) is 6.70. The number of rotatable bonds is 6. The maximum absolute atomic E-state index is 3.59. The Morgan fingerprint density at radius 2 is 1.56 bits per heavy atom. The van der Waals surface area contributed by atoms with Crippen LogP contribution in [0.2, 0.25) is 0 Å². The Morgan fingerprint density at radius 1 is 1.00 bits per heavy atom. The highest BCUT2D eigenvalue weighted by molar-refractivity contribution is 5.22. The fraction of sp³-hybridized carbons (Fsp3) is 0.600. The van der Waals surface area contributed by atoms with E-state index in [1.165, 1.54) is 17.5 Å². The van der Waals surface area contributed by atoms with Crippen LogP contribution in [-0.4, -0.2) is 6.04 Å². The molecule has 16 heavy (non-hydrogen) atoms. The first-order valence-corrected chi connectivity index (χ1v) is 6.48. The van der Waals surface area contributed by atoms with Gasteiger partial charge in [-0.1, -0.05) is 51.5 Å². The quantitative estimate of drug-likeness (QED) is 0.768. The number of hydrogen-bond acceptors (Lipinski definition) is 1. The molecule has 1 heteroatoms.